The van der Waals surface area contributed by atoms with Gasteiger partial charge in [-0.1, -0.05) is 55.4 Å². The summed E-state index contributed by atoms with van der Waals surface area (Å²) in [4.78, 5) is 51.7. The van der Waals surface area contributed by atoms with Gasteiger partial charge in [0, 0.05) is 95.0 Å². The second-order valence-corrected chi connectivity index (χ2v) is 25.5. The predicted molar refractivity (Wildman–Crippen MR) is 330 cm³/mol. The Balaban J connectivity index is 0.585. The Labute approximate surface area is 502 Å². The van der Waals surface area contributed by atoms with Crippen molar-refractivity contribution in [2.24, 2.45) is 17.6 Å². The fourth-order valence-electron chi connectivity index (χ4n) is 12.9. The van der Waals surface area contributed by atoms with Crippen molar-refractivity contribution >= 4 is 58.2 Å². The van der Waals surface area contributed by atoms with Crippen molar-refractivity contribution in [3.05, 3.63) is 101 Å². The molecule has 5 aliphatic rings. The zero-order chi connectivity index (χ0) is 59.5. The lowest BCUT2D eigenvalue weighted by atomic mass is 9.91. The molecule has 1 aliphatic carbocycles. The Morgan fingerprint density at radius 1 is 0.871 bits per heavy atom. The van der Waals surface area contributed by atoms with E-state index in [1.54, 1.807) is 48.0 Å². The molecule has 8 N–H and O–H groups in total. The number of piperidine rings is 3. The number of benzene rings is 2. The predicted octanol–water partition coefficient (Wildman–Crippen LogP) is 8.39. The van der Waals surface area contributed by atoms with Crippen LogP contribution in [0.25, 0.3) is 22.2 Å². The highest BCUT2D eigenvalue weighted by atomic mass is 32.1. The number of phenolic OH excluding ortho intramolecular Hbond substituents is 1. The maximum Gasteiger partial charge on any atom is 0.243 e. The van der Waals surface area contributed by atoms with Crippen LogP contribution < -0.4 is 36.6 Å². The fraction of sp³-hybridized carbons (Fsp3) is 0.540. The number of carbonyl (C=O) groups excluding carboxylic acids is 2. The number of β-amino-alcohol motifs (C(OH)–C–C–N with tert-alkyl or cyclic N) is 1. The van der Waals surface area contributed by atoms with Crippen LogP contribution in [0.2, 0.25) is 0 Å². The SMILES string of the molecule is Cc1ncsc1-c1ccc([C@H](C)NC(=O)[C@@H]2C[C@@H](O)CN2C(=O)C(c2cc(N3CCC(CN4CCC(OC5CC(Oc6cnc(N7CCC(n8nc(NC(C)C)c(N)c8/C=C(\N)c8ccccc8O)CC7)nc6)C5)CC4)CC3)no2)C(C)C)cc1. The molecule has 4 aromatic heterocycles. The maximum absolute atomic E-state index is 14.4. The summed E-state index contributed by atoms with van der Waals surface area (Å²) in [6.07, 6.45) is 12.7. The number of amides is 2. The zero-order valence-electron chi connectivity index (χ0n) is 49.8. The molecule has 8 heterocycles. The third-order valence-corrected chi connectivity index (χ3v) is 18.7. The van der Waals surface area contributed by atoms with Crippen LogP contribution in [-0.4, -0.2) is 151 Å². The van der Waals surface area contributed by atoms with Crippen molar-refractivity contribution in [2.75, 3.05) is 73.2 Å². The van der Waals surface area contributed by atoms with Gasteiger partial charge in [-0.3, -0.25) is 14.3 Å². The van der Waals surface area contributed by atoms with Gasteiger partial charge in [-0.25, -0.2) is 15.0 Å². The standard InChI is InChI=1S/C63H84N14O7S/c1-37(2)57(62(81)76-35-45(78)27-53(76)61(80)70-39(5)42-11-13-43(14-12-42)59-40(6)68-36-85-59)55-31-56(72-84-55)74-23-15-41(16-24-74)34-73-21-19-46(20-22-73)82-47-28-48(29-47)83-49-32-66-63(67-33-49)75-25-17-44(18-26-75)77-52(58(65)60(71-77)69-38(3)4)30-51(64)50-9-7-8-10-54(50)79/h7-14,30-33,36-39,41,44-48,53,57,78-79H,15-29,34-35,64-65H2,1-6H3,(H,69,71)(H,70,80)/b51-30-/t39-,45+,47?,48?,53-,57?/m0/s1. The Hall–Kier alpha value is -7.27. The first-order chi connectivity index (χ1) is 41.0. The number of aliphatic hydroxyl groups excluding tert-OH is 1. The average molecular weight is 1180 g/mol. The number of rotatable bonds is 20. The molecule has 1 unspecified atom stereocenters. The van der Waals surface area contributed by atoms with Gasteiger partial charge >= 0.3 is 0 Å². The molecule has 0 radical (unpaired) electrons. The number of para-hydroxylation sites is 1. The average Bonchev–Trinajstić information content (AvgIpc) is 4.41. The molecular weight excluding hydrogens is 1100 g/mol. The molecule has 11 rings (SSSR count). The number of aryl methyl sites for hydroxylation is 1. The Kier molecular flexibility index (Phi) is 18.3. The van der Waals surface area contributed by atoms with Crippen LogP contribution >= 0.6 is 11.3 Å². The number of nitrogens with one attached hydrogen (secondary N) is 2. The molecule has 4 aliphatic heterocycles. The number of hydrogen-bond donors (Lipinski definition) is 6. The number of thiazole rings is 1. The summed E-state index contributed by atoms with van der Waals surface area (Å²) in [6, 6.07) is 16.1. The summed E-state index contributed by atoms with van der Waals surface area (Å²) < 4.78 is 20.8. The van der Waals surface area contributed by atoms with Crippen LogP contribution in [0.5, 0.6) is 11.5 Å². The molecule has 6 aromatic rings. The fourth-order valence-corrected chi connectivity index (χ4v) is 13.7. The van der Waals surface area contributed by atoms with E-state index in [0.717, 1.165) is 125 Å². The summed E-state index contributed by atoms with van der Waals surface area (Å²) in [5.41, 5.74) is 20.2. The van der Waals surface area contributed by atoms with Crippen LogP contribution in [0, 0.1) is 18.8 Å². The molecule has 0 spiro atoms. The quantitative estimate of drug-likeness (QED) is 0.0419. The van der Waals surface area contributed by atoms with Crippen LogP contribution in [-0.2, 0) is 14.3 Å². The largest absolute Gasteiger partial charge is 0.507 e. The first kappa shape index (κ1) is 59.5. The van der Waals surface area contributed by atoms with Crippen molar-refractivity contribution in [3.63, 3.8) is 0 Å². The van der Waals surface area contributed by atoms with E-state index < -0.39 is 18.1 Å². The number of phenols is 1. The van der Waals surface area contributed by atoms with Crippen molar-refractivity contribution in [2.45, 2.75) is 154 Å². The number of nitrogen functional groups attached to an aromatic ring is 1. The highest BCUT2D eigenvalue weighted by Gasteiger charge is 2.44. The summed E-state index contributed by atoms with van der Waals surface area (Å²) in [7, 11) is 0. The molecule has 85 heavy (non-hydrogen) atoms. The van der Waals surface area contributed by atoms with Gasteiger partial charge in [0.05, 0.1) is 64.6 Å². The molecule has 22 heteroatoms. The molecule has 1 saturated carbocycles. The molecule has 454 valence electrons. The van der Waals surface area contributed by atoms with Gasteiger partial charge in [-0.15, -0.1) is 11.3 Å². The van der Waals surface area contributed by atoms with E-state index in [1.165, 1.54) is 4.90 Å². The first-order valence-corrected chi connectivity index (χ1v) is 31.4. The number of nitrogens with zero attached hydrogens (tertiary/aromatic N) is 10. The second-order valence-electron chi connectivity index (χ2n) is 24.7. The van der Waals surface area contributed by atoms with E-state index in [9.17, 15) is 19.8 Å². The lowest BCUT2D eigenvalue weighted by Crippen LogP contribution is -2.48. The Morgan fingerprint density at radius 2 is 1.58 bits per heavy atom. The van der Waals surface area contributed by atoms with Gasteiger partial charge in [-0.05, 0) is 107 Å². The molecule has 5 fully saturated rings. The third kappa shape index (κ3) is 13.7. The molecule has 2 aromatic carbocycles. The van der Waals surface area contributed by atoms with Gasteiger partial charge in [0.25, 0.3) is 0 Å². The number of anilines is 4. The van der Waals surface area contributed by atoms with Crippen LogP contribution in [0.4, 0.5) is 23.3 Å². The number of carbonyl (C=O) groups is 2. The number of aliphatic hydroxyl groups is 1. The van der Waals surface area contributed by atoms with E-state index in [1.807, 2.05) is 88.1 Å². The van der Waals surface area contributed by atoms with Crippen LogP contribution in [0.1, 0.15) is 139 Å². The Bertz CT molecular complexity index is 3240. The summed E-state index contributed by atoms with van der Waals surface area (Å²) in [6.45, 7) is 18.3. The van der Waals surface area contributed by atoms with Crippen molar-refractivity contribution in [1.82, 2.24) is 45.0 Å². The lowest BCUT2D eigenvalue weighted by molar-refractivity contribution is -0.141. The van der Waals surface area contributed by atoms with E-state index in [4.69, 9.17) is 40.5 Å². The minimum atomic E-state index is -0.806. The third-order valence-electron chi connectivity index (χ3n) is 17.8. The molecule has 21 nitrogen and oxygen atoms in total. The Morgan fingerprint density at radius 3 is 2.25 bits per heavy atom. The number of aromatic hydroxyl groups is 1. The van der Waals surface area contributed by atoms with Crippen molar-refractivity contribution < 1.29 is 33.8 Å². The number of hydrogen-bond acceptors (Lipinski definition) is 19. The number of aromatic nitrogens is 6. The minimum absolute atomic E-state index is 0.0724. The van der Waals surface area contributed by atoms with Gasteiger partial charge in [0.2, 0.25) is 17.8 Å². The number of ether oxygens (including phenoxy) is 2. The van der Waals surface area contributed by atoms with Crippen molar-refractivity contribution in [3.8, 4) is 21.9 Å². The highest BCUT2D eigenvalue weighted by molar-refractivity contribution is 7.13. The lowest BCUT2D eigenvalue weighted by Gasteiger charge is -2.41. The van der Waals surface area contributed by atoms with Gasteiger partial charge < -0.3 is 65.9 Å². The number of nitrogens with two attached hydrogens (primary N) is 2. The topological polar surface area (TPSA) is 265 Å². The van der Waals surface area contributed by atoms with E-state index >= 15 is 0 Å². The molecular formula is C63H84N14O7S. The van der Waals surface area contributed by atoms with Gasteiger partial charge in [-0.2, -0.15) is 5.10 Å². The smallest absolute Gasteiger partial charge is 0.243 e. The van der Waals surface area contributed by atoms with E-state index in [-0.39, 0.29) is 72.9 Å². The number of likely N-dealkylation sites (tertiary alicyclic amines) is 2. The molecule has 4 saturated heterocycles. The minimum Gasteiger partial charge on any atom is -0.507 e. The maximum atomic E-state index is 14.4. The summed E-state index contributed by atoms with van der Waals surface area (Å²) >= 11 is 1.60. The van der Waals surface area contributed by atoms with E-state index in [2.05, 4.69) is 35.5 Å². The highest BCUT2D eigenvalue weighted by Crippen LogP contribution is 2.38. The summed E-state index contributed by atoms with van der Waals surface area (Å²) in [5, 5.41) is 37.1. The van der Waals surface area contributed by atoms with E-state index in [0.29, 0.717) is 51.8 Å². The zero-order valence-corrected chi connectivity index (χ0v) is 50.7. The second kappa shape index (κ2) is 26.1. The molecule has 2 amide bonds. The summed E-state index contributed by atoms with van der Waals surface area (Å²) in [5.74, 6) is 2.53. The van der Waals surface area contributed by atoms with Gasteiger partial charge in [0.1, 0.15) is 29.5 Å². The van der Waals surface area contributed by atoms with Crippen LogP contribution in [0.3, 0.4) is 0 Å². The molecule has 0 bridgehead atoms. The van der Waals surface area contributed by atoms with Crippen molar-refractivity contribution in [1.29, 1.82) is 0 Å². The normalized spacial score (nSPS) is 22.0. The van der Waals surface area contributed by atoms with Crippen LogP contribution in [0.15, 0.2) is 77.0 Å². The first-order valence-electron chi connectivity index (χ1n) is 30.5. The van der Waals surface area contributed by atoms with Gasteiger partial charge in [0.15, 0.2) is 23.1 Å². The monoisotopic (exact) mass is 1180 g/mol. The molecule has 4 atom stereocenters.